The van der Waals surface area contributed by atoms with E-state index in [-0.39, 0.29) is 18.7 Å². The molecule has 0 fully saturated rings. The normalized spacial score (nSPS) is 12.0. The smallest absolute Gasteiger partial charge is 0.422 e. The first-order valence-corrected chi connectivity index (χ1v) is 8.20. The molecule has 1 N–H and O–H groups in total. The molecule has 6 nitrogen and oxygen atoms in total. The minimum Gasteiger partial charge on any atom is -0.444 e. The molecule has 118 valence electrons. The predicted octanol–water partition coefficient (Wildman–Crippen LogP) is 2.28. The highest BCUT2D eigenvalue weighted by Gasteiger charge is 2.29. The number of hydrogen-bond donors (Lipinski definition) is 1. The van der Waals surface area contributed by atoms with Gasteiger partial charge in [-0.15, -0.1) is 0 Å². The summed E-state index contributed by atoms with van der Waals surface area (Å²) in [5.41, 5.74) is 0.787. The minimum absolute atomic E-state index is 0.0194. The summed E-state index contributed by atoms with van der Waals surface area (Å²) in [7, 11) is -3.92. The van der Waals surface area contributed by atoms with Crippen LogP contribution in [0.4, 0.5) is 4.79 Å². The Morgan fingerprint density at radius 2 is 1.67 bits per heavy atom. The van der Waals surface area contributed by atoms with E-state index in [4.69, 9.17) is 4.74 Å². The Labute approximate surface area is 126 Å². The number of carbonyl (C=O) groups excluding carboxylic acids is 1. The average Bonchev–Trinajstić information content (AvgIpc) is 2.35. The quantitative estimate of drug-likeness (QED) is 0.874. The molecule has 21 heavy (non-hydrogen) atoms. The molecule has 0 bridgehead atoms. The van der Waals surface area contributed by atoms with Crippen LogP contribution in [0.25, 0.3) is 0 Å². The van der Waals surface area contributed by atoms with Crippen LogP contribution in [0.2, 0.25) is 0 Å². The number of rotatable bonds is 6. The van der Waals surface area contributed by atoms with Crippen LogP contribution in [0, 0.1) is 0 Å². The van der Waals surface area contributed by atoms with Crippen LogP contribution in [-0.2, 0) is 21.6 Å². The maximum atomic E-state index is 12.1. The fraction of sp³-hybridized carbons (Fsp3) is 0.500. The van der Waals surface area contributed by atoms with E-state index in [1.807, 2.05) is 22.9 Å². The van der Waals surface area contributed by atoms with Crippen LogP contribution in [0.3, 0.4) is 0 Å². The second-order valence-electron chi connectivity index (χ2n) is 5.19. The number of amides is 1. The van der Waals surface area contributed by atoms with Crippen molar-refractivity contribution in [3.8, 4) is 0 Å². The first-order valence-electron chi connectivity index (χ1n) is 6.76. The summed E-state index contributed by atoms with van der Waals surface area (Å²) in [6.07, 6.45) is -0.981. The molecule has 1 rings (SSSR count). The fourth-order valence-electron chi connectivity index (χ4n) is 2.06. The van der Waals surface area contributed by atoms with E-state index in [0.717, 1.165) is 5.56 Å². The lowest BCUT2D eigenvalue weighted by Gasteiger charge is -2.28. The van der Waals surface area contributed by atoms with E-state index < -0.39 is 16.3 Å². The lowest BCUT2D eigenvalue weighted by atomic mass is 10.2. The van der Waals surface area contributed by atoms with Gasteiger partial charge in [-0.1, -0.05) is 30.3 Å². The van der Waals surface area contributed by atoms with Crippen molar-refractivity contribution >= 4 is 16.3 Å². The molecule has 0 saturated heterocycles. The fourth-order valence-corrected chi connectivity index (χ4v) is 3.55. The molecule has 0 aliphatic carbocycles. The molecule has 0 aliphatic heterocycles. The largest absolute Gasteiger partial charge is 0.444 e. The molecule has 0 aliphatic rings. The van der Waals surface area contributed by atoms with E-state index in [1.54, 1.807) is 39.8 Å². The molecule has 1 aromatic carbocycles. The van der Waals surface area contributed by atoms with Gasteiger partial charge in [-0.2, -0.15) is 12.7 Å². The summed E-state index contributed by atoms with van der Waals surface area (Å²) in [6.45, 7) is 7.00. The minimum atomic E-state index is -3.92. The van der Waals surface area contributed by atoms with Gasteiger partial charge in [0.2, 0.25) is 0 Å². The zero-order chi connectivity index (χ0) is 16.0. The van der Waals surface area contributed by atoms with E-state index in [1.165, 1.54) is 4.31 Å². The first-order chi connectivity index (χ1) is 9.74. The van der Waals surface area contributed by atoms with Gasteiger partial charge in [0.05, 0.1) is 0 Å². The van der Waals surface area contributed by atoms with E-state index in [0.29, 0.717) is 0 Å². The van der Waals surface area contributed by atoms with Gasteiger partial charge in [0.25, 0.3) is 0 Å². The van der Waals surface area contributed by atoms with Crippen molar-refractivity contribution in [2.45, 2.75) is 46.4 Å². The summed E-state index contributed by atoms with van der Waals surface area (Å²) < 4.78 is 32.4. The highest BCUT2D eigenvalue weighted by Crippen LogP contribution is 2.10. The third kappa shape index (κ3) is 5.35. The SMILES string of the molecule is CC(C)N(C(C)C)S(=O)(=O)NC(=O)OCc1ccccc1. The molecule has 0 saturated carbocycles. The third-order valence-corrected chi connectivity index (χ3v) is 4.54. The number of nitrogens with zero attached hydrogens (tertiary/aromatic N) is 1. The zero-order valence-electron chi connectivity index (χ0n) is 12.7. The summed E-state index contributed by atoms with van der Waals surface area (Å²) in [4.78, 5) is 11.6. The van der Waals surface area contributed by atoms with Crippen LogP contribution in [0.15, 0.2) is 30.3 Å². The monoisotopic (exact) mass is 314 g/mol. The Bertz CT molecular complexity index is 548. The van der Waals surface area contributed by atoms with Gasteiger partial charge in [-0.3, -0.25) is 0 Å². The Hall–Kier alpha value is -1.60. The van der Waals surface area contributed by atoms with Crippen LogP contribution < -0.4 is 4.72 Å². The molecule has 0 aromatic heterocycles. The van der Waals surface area contributed by atoms with Crippen molar-refractivity contribution in [2.75, 3.05) is 0 Å². The highest BCUT2D eigenvalue weighted by molar-refractivity contribution is 7.87. The summed E-state index contributed by atoms with van der Waals surface area (Å²) in [5, 5.41) is 0. The highest BCUT2D eigenvalue weighted by atomic mass is 32.2. The predicted molar refractivity (Wildman–Crippen MR) is 80.8 cm³/mol. The zero-order valence-corrected chi connectivity index (χ0v) is 13.6. The Kier molecular flexibility index (Phi) is 6.17. The van der Waals surface area contributed by atoms with Crippen LogP contribution in [-0.4, -0.2) is 30.9 Å². The maximum Gasteiger partial charge on any atom is 0.422 e. The van der Waals surface area contributed by atoms with Gasteiger partial charge in [0.1, 0.15) is 6.61 Å². The van der Waals surface area contributed by atoms with Gasteiger partial charge in [0, 0.05) is 12.1 Å². The first kappa shape index (κ1) is 17.5. The molecule has 0 spiro atoms. The average molecular weight is 314 g/mol. The van der Waals surface area contributed by atoms with Crippen molar-refractivity contribution in [2.24, 2.45) is 0 Å². The molecule has 0 radical (unpaired) electrons. The maximum absolute atomic E-state index is 12.1. The lowest BCUT2D eigenvalue weighted by molar-refractivity contribution is 0.145. The Balaban J connectivity index is 2.64. The number of hydrogen-bond acceptors (Lipinski definition) is 4. The van der Waals surface area contributed by atoms with Crippen molar-refractivity contribution in [1.29, 1.82) is 0 Å². The van der Waals surface area contributed by atoms with Crippen LogP contribution in [0.1, 0.15) is 33.3 Å². The molecular formula is C14H22N2O4S. The summed E-state index contributed by atoms with van der Waals surface area (Å²) in [6, 6.07) is 8.53. The standard InChI is InChI=1S/C14H22N2O4S/c1-11(2)16(12(3)4)21(18,19)15-14(17)20-10-13-8-6-5-7-9-13/h5-9,11-12H,10H2,1-4H3,(H,15,17). The number of nitrogens with one attached hydrogen (secondary N) is 1. The van der Waals surface area contributed by atoms with Gasteiger partial charge in [0.15, 0.2) is 0 Å². The molecule has 0 unspecified atom stereocenters. The Morgan fingerprint density at radius 1 is 1.14 bits per heavy atom. The topological polar surface area (TPSA) is 75.7 Å². The molecule has 1 amide bonds. The van der Waals surface area contributed by atoms with Crippen molar-refractivity contribution in [3.05, 3.63) is 35.9 Å². The summed E-state index contributed by atoms with van der Waals surface area (Å²) >= 11 is 0. The second kappa shape index (κ2) is 7.42. The lowest BCUT2D eigenvalue weighted by Crippen LogP contribution is -2.49. The summed E-state index contributed by atoms with van der Waals surface area (Å²) in [5.74, 6) is 0. The van der Waals surface area contributed by atoms with Gasteiger partial charge < -0.3 is 4.74 Å². The van der Waals surface area contributed by atoms with Gasteiger partial charge >= 0.3 is 16.3 Å². The second-order valence-corrected chi connectivity index (χ2v) is 6.76. The van der Waals surface area contributed by atoms with Crippen LogP contribution in [0.5, 0.6) is 0 Å². The van der Waals surface area contributed by atoms with Crippen LogP contribution >= 0.6 is 0 Å². The number of carbonyl (C=O) groups is 1. The molecule has 0 atom stereocenters. The molecule has 1 aromatic rings. The Morgan fingerprint density at radius 3 is 2.14 bits per heavy atom. The van der Waals surface area contributed by atoms with Gasteiger partial charge in [-0.25, -0.2) is 9.52 Å². The molecule has 7 heteroatoms. The van der Waals surface area contributed by atoms with Crippen molar-refractivity contribution in [3.63, 3.8) is 0 Å². The number of ether oxygens (including phenoxy) is 1. The molecular weight excluding hydrogens is 292 g/mol. The van der Waals surface area contributed by atoms with E-state index in [2.05, 4.69) is 0 Å². The third-order valence-electron chi connectivity index (χ3n) is 2.72. The van der Waals surface area contributed by atoms with E-state index in [9.17, 15) is 13.2 Å². The molecule has 0 heterocycles. The van der Waals surface area contributed by atoms with Crippen molar-refractivity contribution in [1.82, 2.24) is 9.03 Å². The van der Waals surface area contributed by atoms with Gasteiger partial charge in [-0.05, 0) is 33.3 Å². The van der Waals surface area contributed by atoms with Crippen molar-refractivity contribution < 1.29 is 17.9 Å². The van der Waals surface area contributed by atoms with E-state index >= 15 is 0 Å². The number of benzene rings is 1.